The number of fused-ring (bicyclic) bond motifs is 1. The first-order chi connectivity index (χ1) is 18.1. The van der Waals surface area contributed by atoms with Gasteiger partial charge in [-0.05, 0) is 42.2 Å². The second-order valence-corrected chi connectivity index (χ2v) is 8.86. The molecule has 3 N–H and O–H groups in total. The van der Waals surface area contributed by atoms with Crippen molar-refractivity contribution in [1.82, 2.24) is 9.97 Å². The number of rotatable bonds is 8. The molecule has 0 bridgehead atoms. The van der Waals surface area contributed by atoms with E-state index in [1.165, 1.54) is 6.33 Å². The summed E-state index contributed by atoms with van der Waals surface area (Å²) in [5.41, 5.74) is 5.07. The molecular formula is C29H26ClN5O2. The number of carbonyl (C=O) groups is 1. The molecule has 8 heteroatoms. The van der Waals surface area contributed by atoms with Gasteiger partial charge in [-0.25, -0.2) is 14.8 Å². The molecule has 0 saturated heterocycles. The molecule has 2 amide bonds. The molecule has 2 aromatic heterocycles. The van der Waals surface area contributed by atoms with Crippen LogP contribution in [0.25, 0.3) is 22.4 Å². The number of anilines is 3. The molecule has 5 rings (SSSR count). The summed E-state index contributed by atoms with van der Waals surface area (Å²) in [4.78, 5) is 21.0. The first-order valence-electron chi connectivity index (χ1n) is 12.1. The zero-order valence-electron chi connectivity index (χ0n) is 20.3. The third-order valence-corrected chi connectivity index (χ3v) is 6.39. The second-order valence-electron chi connectivity index (χ2n) is 8.48. The lowest BCUT2D eigenvalue weighted by Crippen LogP contribution is -2.20. The van der Waals surface area contributed by atoms with Crippen LogP contribution in [0.5, 0.6) is 0 Å². The van der Waals surface area contributed by atoms with E-state index in [1.807, 2.05) is 78.9 Å². The number of hydrogen-bond acceptors (Lipinski definition) is 5. The number of halogens is 1. The summed E-state index contributed by atoms with van der Waals surface area (Å²) in [5.74, 6) is 1.20. The Labute approximate surface area is 219 Å². The van der Waals surface area contributed by atoms with E-state index in [4.69, 9.17) is 16.0 Å². The summed E-state index contributed by atoms with van der Waals surface area (Å²) in [7, 11) is 0. The smallest absolute Gasteiger partial charge is 0.323 e. The van der Waals surface area contributed by atoms with Crippen LogP contribution in [-0.2, 0) is 12.8 Å². The van der Waals surface area contributed by atoms with Crippen molar-refractivity contribution in [3.8, 4) is 11.3 Å². The summed E-state index contributed by atoms with van der Waals surface area (Å²) in [6.45, 7) is 2.69. The van der Waals surface area contributed by atoms with Gasteiger partial charge in [0.05, 0.1) is 0 Å². The van der Waals surface area contributed by atoms with E-state index in [0.717, 1.165) is 40.9 Å². The van der Waals surface area contributed by atoms with Gasteiger partial charge in [0.1, 0.15) is 22.6 Å². The Morgan fingerprint density at radius 2 is 1.68 bits per heavy atom. The normalized spacial score (nSPS) is 10.9. The van der Waals surface area contributed by atoms with Crippen molar-refractivity contribution >= 4 is 45.9 Å². The van der Waals surface area contributed by atoms with Gasteiger partial charge in [0.15, 0.2) is 5.76 Å². The maximum atomic E-state index is 12.4. The van der Waals surface area contributed by atoms with Gasteiger partial charge in [0.2, 0.25) is 5.71 Å². The zero-order valence-corrected chi connectivity index (χ0v) is 21.0. The van der Waals surface area contributed by atoms with Gasteiger partial charge in [0, 0.05) is 23.5 Å². The molecule has 0 fully saturated rings. The second kappa shape index (κ2) is 11.1. The number of carbonyl (C=O) groups excluding carboxylic acids is 1. The third kappa shape index (κ3) is 5.57. The lowest BCUT2D eigenvalue weighted by atomic mass is 10.1. The molecule has 0 unspecified atom stereocenters. The van der Waals surface area contributed by atoms with E-state index >= 15 is 0 Å². The summed E-state index contributed by atoms with van der Waals surface area (Å²) in [6, 6.07) is 25.0. The van der Waals surface area contributed by atoms with Crippen molar-refractivity contribution in [3.63, 3.8) is 0 Å². The molecule has 0 aliphatic heterocycles. The molecule has 0 radical (unpaired) electrons. The minimum atomic E-state index is -0.269. The zero-order chi connectivity index (χ0) is 25.6. The van der Waals surface area contributed by atoms with Gasteiger partial charge < -0.3 is 20.4 Å². The fourth-order valence-electron chi connectivity index (χ4n) is 4.12. The quantitative estimate of drug-likeness (QED) is 0.202. The maximum Gasteiger partial charge on any atom is 0.323 e. The van der Waals surface area contributed by atoms with Gasteiger partial charge in [-0.15, -0.1) is 0 Å². The molecule has 0 spiro atoms. The lowest BCUT2D eigenvalue weighted by Gasteiger charge is -2.11. The topological polar surface area (TPSA) is 92.1 Å². The first-order valence-corrected chi connectivity index (χ1v) is 12.5. The minimum absolute atomic E-state index is 0.269. The summed E-state index contributed by atoms with van der Waals surface area (Å²) in [6.07, 6.45) is 3.06. The number of benzene rings is 3. The van der Waals surface area contributed by atoms with Crippen LogP contribution in [0.15, 0.2) is 89.6 Å². The number of para-hydroxylation sites is 1. The lowest BCUT2D eigenvalue weighted by molar-refractivity contribution is 0.262. The van der Waals surface area contributed by atoms with E-state index in [0.29, 0.717) is 34.2 Å². The van der Waals surface area contributed by atoms with Crippen LogP contribution in [-0.4, -0.2) is 22.5 Å². The summed E-state index contributed by atoms with van der Waals surface area (Å²) < 4.78 is 5.92. The van der Waals surface area contributed by atoms with E-state index in [9.17, 15) is 4.79 Å². The average Bonchev–Trinajstić information content (AvgIpc) is 3.27. The van der Waals surface area contributed by atoms with Crippen molar-refractivity contribution in [2.24, 2.45) is 0 Å². The van der Waals surface area contributed by atoms with Crippen LogP contribution in [0.4, 0.5) is 22.0 Å². The van der Waals surface area contributed by atoms with Gasteiger partial charge in [-0.3, -0.25) is 0 Å². The van der Waals surface area contributed by atoms with Crippen molar-refractivity contribution < 1.29 is 9.21 Å². The predicted octanol–water partition coefficient (Wildman–Crippen LogP) is 7.40. The number of nitrogens with zero attached hydrogens (tertiary/aromatic N) is 2. The van der Waals surface area contributed by atoms with Crippen LogP contribution < -0.4 is 16.0 Å². The van der Waals surface area contributed by atoms with Crippen molar-refractivity contribution in [2.45, 2.75) is 19.8 Å². The van der Waals surface area contributed by atoms with Crippen molar-refractivity contribution in [1.29, 1.82) is 0 Å². The summed E-state index contributed by atoms with van der Waals surface area (Å²) in [5, 5.41) is 10.3. The van der Waals surface area contributed by atoms with Crippen LogP contribution >= 0.6 is 11.6 Å². The van der Waals surface area contributed by atoms with E-state index in [2.05, 4.69) is 32.8 Å². The van der Waals surface area contributed by atoms with E-state index in [-0.39, 0.29) is 6.03 Å². The highest BCUT2D eigenvalue weighted by atomic mass is 35.5. The average molecular weight is 512 g/mol. The summed E-state index contributed by atoms with van der Waals surface area (Å²) >= 11 is 6.67. The standard InChI is InChI=1S/C29H26ClN5O2/c1-2-20-8-6-7-11-23(20)35-29(36)34-22-14-12-19(13-15-22)16-17-31-27-24-25(30)26(21-9-4-3-5-10-21)37-28(24)33-18-32-27/h3-15,18H,2,16-17H2,1H3,(H,31,32,33)(H2,34,35,36). The molecule has 37 heavy (non-hydrogen) atoms. The monoisotopic (exact) mass is 511 g/mol. The van der Waals surface area contributed by atoms with Crippen LogP contribution in [0, 0.1) is 0 Å². The number of furan rings is 1. The SMILES string of the molecule is CCc1ccccc1NC(=O)Nc1ccc(CCNc2ncnc3oc(-c4ccccc4)c(Cl)c23)cc1. The Morgan fingerprint density at radius 3 is 2.46 bits per heavy atom. The Morgan fingerprint density at radius 1 is 0.919 bits per heavy atom. The molecule has 0 aliphatic rings. The molecule has 2 heterocycles. The fourth-order valence-corrected chi connectivity index (χ4v) is 4.44. The van der Waals surface area contributed by atoms with Crippen LogP contribution in [0.2, 0.25) is 5.02 Å². The fraction of sp³-hybridized carbons (Fsp3) is 0.138. The molecule has 0 saturated carbocycles. The Kier molecular flexibility index (Phi) is 7.33. The van der Waals surface area contributed by atoms with Gasteiger partial charge in [-0.2, -0.15) is 0 Å². The van der Waals surface area contributed by atoms with Crippen LogP contribution in [0.1, 0.15) is 18.1 Å². The molecular weight excluding hydrogens is 486 g/mol. The van der Waals surface area contributed by atoms with Gasteiger partial charge >= 0.3 is 6.03 Å². The van der Waals surface area contributed by atoms with E-state index in [1.54, 1.807) is 0 Å². The minimum Gasteiger partial charge on any atom is -0.436 e. The molecule has 0 atom stereocenters. The highest BCUT2D eigenvalue weighted by molar-refractivity contribution is 6.38. The maximum absolute atomic E-state index is 12.4. The van der Waals surface area contributed by atoms with Crippen molar-refractivity contribution in [3.05, 3.63) is 101 Å². The molecule has 186 valence electrons. The molecule has 7 nitrogen and oxygen atoms in total. The molecule has 5 aromatic rings. The molecule has 3 aromatic carbocycles. The number of hydrogen-bond donors (Lipinski definition) is 3. The number of aromatic nitrogens is 2. The third-order valence-electron chi connectivity index (χ3n) is 6.03. The Balaban J connectivity index is 1.20. The largest absolute Gasteiger partial charge is 0.436 e. The predicted molar refractivity (Wildman–Crippen MR) is 149 cm³/mol. The number of nitrogens with one attached hydrogen (secondary N) is 3. The number of amides is 2. The number of urea groups is 1. The first kappa shape index (κ1) is 24.3. The van der Waals surface area contributed by atoms with Gasteiger partial charge in [0.25, 0.3) is 0 Å². The highest BCUT2D eigenvalue weighted by Crippen LogP contribution is 2.39. The molecule has 0 aliphatic carbocycles. The van der Waals surface area contributed by atoms with Crippen LogP contribution in [0.3, 0.4) is 0 Å². The Hall–Kier alpha value is -4.36. The van der Waals surface area contributed by atoms with E-state index < -0.39 is 0 Å². The highest BCUT2D eigenvalue weighted by Gasteiger charge is 2.19. The van der Waals surface area contributed by atoms with Gasteiger partial charge in [-0.1, -0.05) is 79.2 Å². The Bertz CT molecular complexity index is 1520. The van der Waals surface area contributed by atoms with Crippen molar-refractivity contribution in [2.75, 3.05) is 22.5 Å². The number of aryl methyl sites for hydroxylation is 1.